The minimum Gasteiger partial charge on any atom is -0.481 e. The largest absolute Gasteiger partial charge is 0.481 e. The maximum absolute atomic E-state index is 11.4. The van der Waals surface area contributed by atoms with Gasteiger partial charge < -0.3 is 40.1 Å². The first-order valence-electron chi connectivity index (χ1n) is 8.66. The van der Waals surface area contributed by atoms with Gasteiger partial charge in [0.25, 0.3) is 0 Å². The van der Waals surface area contributed by atoms with Crippen molar-refractivity contribution in [1.29, 1.82) is 0 Å². The maximum atomic E-state index is 11.4. The van der Waals surface area contributed by atoms with E-state index in [0.29, 0.717) is 0 Å². The molecule has 0 fully saturated rings. The fraction of sp³-hybridized carbons (Fsp3) is 0.625. The Labute approximate surface area is 174 Å². The first-order valence-corrected chi connectivity index (χ1v) is 8.66. The van der Waals surface area contributed by atoms with Crippen LogP contribution in [0.15, 0.2) is 0 Å². The van der Waals surface area contributed by atoms with E-state index in [1.807, 2.05) is 0 Å². The van der Waals surface area contributed by atoms with Crippen molar-refractivity contribution in [2.24, 2.45) is 0 Å². The molecule has 3 atom stereocenters. The molecule has 0 amide bonds. The molecule has 0 aromatic heterocycles. The third-order valence-corrected chi connectivity index (χ3v) is 3.76. The summed E-state index contributed by atoms with van der Waals surface area (Å²) in [6, 6.07) is -1.63. The molecule has 0 heterocycles. The van der Waals surface area contributed by atoms with E-state index in [-0.39, 0.29) is 13.1 Å². The van der Waals surface area contributed by atoms with Crippen LogP contribution in [0.4, 0.5) is 0 Å². The van der Waals surface area contributed by atoms with Crippen LogP contribution < -0.4 is 0 Å². The van der Waals surface area contributed by atoms with Gasteiger partial charge in [-0.25, -0.2) is 9.59 Å². The molecule has 0 aromatic carbocycles. The number of hydrogen-bond acceptors (Lipinski definition) is 9. The zero-order chi connectivity index (χ0) is 24.1. The van der Waals surface area contributed by atoms with Crippen molar-refractivity contribution in [3.05, 3.63) is 0 Å². The summed E-state index contributed by atoms with van der Waals surface area (Å²) in [5, 5.41) is 53.4. The Kier molecular flexibility index (Phi) is 12.4. The second kappa shape index (κ2) is 13.8. The van der Waals surface area contributed by atoms with Gasteiger partial charge >= 0.3 is 35.8 Å². The highest BCUT2D eigenvalue weighted by Gasteiger charge is 2.30. The van der Waals surface area contributed by atoms with Crippen molar-refractivity contribution in [2.45, 2.75) is 37.5 Å². The summed E-state index contributed by atoms with van der Waals surface area (Å²) < 4.78 is 9.85. The molecule has 0 spiro atoms. The lowest BCUT2D eigenvalue weighted by Crippen LogP contribution is -2.46. The maximum Gasteiger partial charge on any atom is 0.333 e. The van der Waals surface area contributed by atoms with Gasteiger partial charge in [0.2, 0.25) is 0 Å². The highest BCUT2D eigenvalue weighted by atomic mass is 16.5. The van der Waals surface area contributed by atoms with Gasteiger partial charge in [0.15, 0.2) is 12.2 Å². The van der Waals surface area contributed by atoms with Gasteiger partial charge in [0, 0.05) is 13.1 Å². The summed E-state index contributed by atoms with van der Waals surface area (Å²) in [6.07, 6.45) is -6.07. The van der Waals surface area contributed by atoms with Crippen molar-refractivity contribution < 1.29 is 68.9 Å². The summed E-state index contributed by atoms with van der Waals surface area (Å²) >= 11 is 0. The number of hydrogen-bond donors (Lipinski definition) is 6. The summed E-state index contributed by atoms with van der Waals surface area (Å²) in [6.45, 7) is -1.72. The molecule has 0 aromatic rings. The van der Waals surface area contributed by atoms with Gasteiger partial charge in [-0.2, -0.15) is 0 Å². The van der Waals surface area contributed by atoms with Crippen LogP contribution in [0.1, 0.15) is 19.3 Å². The highest BCUT2D eigenvalue weighted by Crippen LogP contribution is 2.09. The second-order valence-electron chi connectivity index (χ2n) is 6.08. The van der Waals surface area contributed by atoms with Crippen LogP contribution in [0, 0.1) is 0 Å². The second-order valence-corrected chi connectivity index (χ2v) is 6.08. The lowest BCUT2D eigenvalue weighted by atomic mass is 10.1. The first kappa shape index (κ1) is 27.7. The summed E-state index contributed by atoms with van der Waals surface area (Å²) in [5.41, 5.74) is 0. The Bertz CT molecular complexity index is 637. The number of carbonyl (C=O) groups is 6. The van der Waals surface area contributed by atoms with Crippen molar-refractivity contribution >= 4 is 35.8 Å². The van der Waals surface area contributed by atoms with E-state index in [9.17, 15) is 33.9 Å². The van der Waals surface area contributed by atoms with Crippen molar-refractivity contribution in [3.63, 3.8) is 0 Å². The molecular formula is C16H23NO14. The Balaban J connectivity index is 5.19. The van der Waals surface area contributed by atoms with Gasteiger partial charge in [0.05, 0.1) is 32.5 Å². The molecule has 0 aliphatic heterocycles. The Morgan fingerprint density at radius 1 is 0.581 bits per heavy atom. The number of carboxylic acid groups (broad SMARTS) is 6. The van der Waals surface area contributed by atoms with Crippen molar-refractivity contribution in [1.82, 2.24) is 4.90 Å². The molecule has 15 heteroatoms. The fourth-order valence-corrected chi connectivity index (χ4v) is 2.34. The Morgan fingerprint density at radius 2 is 0.935 bits per heavy atom. The van der Waals surface area contributed by atoms with Crippen LogP contribution in [0.3, 0.4) is 0 Å². The summed E-state index contributed by atoms with van der Waals surface area (Å²) in [4.78, 5) is 66.7. The molecule has 0 rings (SSSR count). The molecular weight excluding hydrogens is 430 g/mol. The van der Waals surface area contributed by atoms with E-state index in [4.69, 9.17) is 35.0 Å². The van der Waals surface area contributed by atoms with Gasteiger partial charge in [-0.1, -0.05) is 0 Å². The number of nitrogens with zero attached hydrogens (tertiary/aromatic N) is 1. The molecule has 0 saturated carbocycles. The van der Waals surface area contributed by atoms with E-state index < -0.39 is 86.5 Å². The molecule has 15 nitrogen and oxygen atoms in total. The minimum atomic E-state index is -1.73. The van der Waals surface area contributed by atoms with Crippen LogP contribution in [0.5, 0.6) is 0 Å². The number of rotatable bonds is 18. The minimum absolute atomic E-state index is 0.367. The molecule has 2 unspecified atom stereocenters. The van der Waals surface area contributed by atoms with Crippen LogP contribution in [-0.4, -0.2) is 116 Å². The van der Waals surface area contributed by atoms with E-state index in [0.717, 1.165) is 4.90 Å². The SMILES string of the molecule is O=C(O)CC(OCCN(CCOC(CC(=O)O)C(=O)O)[C@@H](CC(=O)O)C(=O)O)C(=O)O. The average Bonchev–Trinajstić information content (AvgIpc) is 2.61. The molecule has 0 aliphatic rings. The third kappa shape index (κ3) is 12.1. The molecule has 0 radical (unpaired) electrons. The lowest BCUT2D eigenvalue weighted by Gasteiger charge is -2.28. The summed E-state index contributed by atoms with van der Waals surface area (Å²) in [7, 11) is 0. The van der Waals surface area contributed by atoms with Crippen molar-refractivity contribution in [2.75, 3.05) is 26.3 Å². The fourth-order valence-electron chi connectivity index (χ4n) is 2.34. The van der Waals surface area contributed by atoms with E-state index in [1.165, 1.54) is 0 Å². The van der Waals surface area contributed by atoms with Gasteiger partial charge in [0.1, 0.15) is 6.04 Å². The Hall–Kier alpha value is -3.30. The van der Waals surface area contributed by atoms with E-state index >= 15 is 0 Å². The van der Waals surface area contributed by atoms with Gasteiger partial charge in [-0.3, -0.25) is 24.1 Å². The molecule has 176 valence electrons. The van der Waals surface area contributed by atoms with Crippen LogP contribution >= 0.6 is 0 Å². The van der Waals surface area contributed by atoms with E-state index in [2.05, 4.69) is 0 Å². The first-order chi connectivity index (χ1) is 14.3. The molecule has 0 bridgehead atoms. The smallest absolute Gasteiger partial charge is 0.333 e. The monoisotopic (exact) mass is 453 g/mol. The van der Waals surface area contributed by atoms with E-state index in [1.54, 1.807) is 0 Å². The van der Waals surface area contributed by atoms with Gasteiger partial charge in [-0.05, 0) is 0 Å². The normalized spacial score (nSPS) is 13.8. The standard InChI is InChI=1S/C16H23NO14/c18-11(19)5-8(14(24)25)17(1-3-30-9(15(26)27)6-12(20)21)2-4-31-10(16(28)29)7-13(22)23/h8-10H,1-7H2,(H,18,19)(H,20,21)(H,22,23)(H,24,25)(H,26,27)(H,28,29)/t8-,9?,10?/m0/s1. The summed E-state index contributed by atoms with van der Waals surface area (Å²) in [5.74, 6) is -9.08. The number of ether oxygens (including phenoxy) is 2. The topological polar surface area (TPSA) is 245 Å². The predicted octanol–water partition coefficient (Wildman–Crippen LogP) is -1.89. The van der Waals surface area contributed by atoms with Crippen LogP contribution in [-0.2, 0) is 38.2 Å². The Morgan fingerprint density at radius 3 is 1.19 bits per heavy atom. The van der Waals surface area contributed by atoms with Crippen LogP contribution in [0.2, 0.25) is 0 Å². The zero-order valence-corrected chi connectivity index (χ0v) is 16.1. The molecule has 6 N–H and O–H groups in total. The quantitative estimate of drug-likeness (QED) is 0.133. The van der Waals surface area contributed by atoms with Crippen LogP contribution in [0.25, 0.3) is 0 Å². The molecule has 31 heavy (non-hydrogen) atoms. The number of carboxylic acids is 6. The van der Waals surface area contributed by atoms with Crippen molar-refractivity contribution in [3.8, 4) is 0 Å². The number of aliphatic carboxylic acids is 6. The lowest BCUT2D eigenvalue weighted by molar-refractivity contribution is -0.159. The predicted molar refractivity (Wildman–Crippen MR) is 94.5 cm³/mol. The third-order valence-electron chi connectivity index (χ3n) is 3.76. The highest BCUT2D eigenvalue weighted by molar-refractivity contribution is 5.81. The molecule has 0 aliphatic carbocycles. The molecule has 0 saturated heterocycles. The average molecular weight is 453 g/mol. The zero-order valence-electron chi connectivity index (χ0n) is 16.1. The van der Waals surface area contributed by atoms with Gasteiger partial charge in [-0.15, -0.1) is 0 Å².